The molecule has 1 amide bonds. The number of benzene rings is 2. The molecule has 0 atom stereocenters. The number of rotatable bonds is 5. The molecule has 0 fully saturated rings. The van der Waals surface area contributed by atoms with Gasteiger partial charge < -0.3 is 9.84 Å². The lowest BCUT2D eigenvalue weighted by Gasteiger charge is -2.11. The average Bonchev–Trinajstić information content (AvgIpc) is 2.58. The summed E-state index contributed by atoms with van der Waals surface area (Å²) in [6, 6.07) is 7.53. The molecule has 26 heavy (non-hydrogen) atoms. The zero-order valence-corrected chi connectivity index (χ0v) is 15.6. The molecule has 2 aromatic carbocycles. The van der Waals surface area contributed by atoms with E-state index < -0.39 is 23.2 Å². The van der Waals surface area contributed by atoms with Gasteiger partial charge in [0.1, 0.15) is 0 Å². The van der Waals surface area contributed by atoms with E-state index in [1.54, 1.807) is 13.0 Å². The Bertz CT molecular complexity index is 838. The van der Waals surface area contributed by atoms with Gasteiger partial charge in [0.05, 0.1) is 27.5 Å². The molecule has 5 nitrogen and oxygen atoms in total. The van der Waals surface area contributed by atoms with Crippen LogP contribution in [0.5, 0.6) is 11.5 Å². The van der Waals surface area contributed by atoms with E-state index in [0.29, 0.717) is 15.7 Å². The molecule has 0 bridgehead atoms. The molecule has 0 saturated carbocycles. The Morgan fingerprint density at radius 2 is 2.04 bits per heavy atom. The molecule has 0 aliphatic rings. The van der Waals surface area contributed by atoms with E-state index >= 15 is 0 Å². The molecule has 2 rings (SSSR count). The lowest BCUT2D eigenvalue weighted by atomic mass is 10.1. The first-order chi connectivity index (χ1) is 12.2. The summed E-state index contributed by atoms with van der Waals surface area (Å²) in [7, 11) is 0. The Balaban J connectivity index is 2.18. The highest BCUT2D eigenvalue weighted by molar-refractivity contribution is 14.1. The number of carbonyl (C=O) groups excluding carboxylic acids is 1. The second-order valence-electron chi connectivity index (χ2n) is 5.02. The minimum absolute atomic E-state index is 0.0206. The minimum Gasteiger partial charge on any atom is -0.504 e. The van der Waals surface area contributed by atoms with Crippen molar-refractivity contribution in [3.05, 3.63) is 56.7 Å². The lowest BCUT2D eigenvalue weighted by Crippen LogP contribution is -2.22. The molecule has 0 spiro atoms. The van der Waals surface area contributed by atoms with Crippen LogP contribution in [0.2, 0.25) is 0 Å². The van der Waals surface area contributed by atoms with Gasteiger partial charge in [-0.15, -0.1) is 0 Å². The van der Waals surface area contributed by atoms with Crippen LogP contribution in [0.1, 0.15) is 28.4 Å². The van der Waals surface area contributed by atoms with Gasteiger partial charge in [-0.3, -0.25) is 4.79 Å². The monoisotopic (exact) mass is 478 g/mol. The van der Waals surface area contributed by atoms with E-state index in [1.165, 1.54) is 24.4 Å². The van der Waals surface area contributed by atoms with Crippen LogP contribution in [0.3, 0.4) is 0 Å². The third kappa shape index (κ3) is 4.87. The van der Waals surface area contributed by atoms with Gasteiger partial charge in [0.2, 0.25) is 0 Å². The highest BCUT2D eigenvalue weighted by Crippen LogP contribution is 2.33. The molecule has 138 valence electrons. The fourth-order valence-corrected chi connectivity index (χ4v) is 2.71. The average molecular weight is 478 g/mol. The first-order valence-electron chi connectivity index (χ1n) is 7.39. The van der Waals surface area contributed by atoms with Gasteiger partial charge in [-0.2, -0.15) is 18.3 Å². The number of hydrazone groups is 1. The van der Waals surface area contributed by atoms with Gasteiger partial charge in [0.15, 0.2) is 11.5 Å². The number of ether oxygens (including phenoxy) is 1. The van der Waals surface area contributed by atoms with E-state index in [-0.39, 0.29) is 11.5 Å². The van der Waals surface area contributed by atoms with Crippen molar-refractivity contribution in [3.8, 4) is 11.5 Å². The van der Waals surface area contributed by atoms with Crippen molar-refractivity contribution in [1.29, 1.82) is 0 Å². The van der Waals surface area contributed by atoms with Gasteiger partial charge in [0.25, 0.3) is 5.91 Å². The number of hydrogen-bond acceptors (Lipinski definition) is 4. The third-order valence-corrected chi connectivity index (χ3v) is 4.03. The highest BCUT2D eigenvalue weighted by atomic mass is 127. The number of nitrogens with zero attached hydrogens (tertiary/aromatic N) is 1. The quantitative estimate of drug-likeness (QED) is 0.385. The molecular weight excluding hydrogens is 464 g/mol. The van der Waals surface area contributed by atoms with Crippen molar-refractivity contribution in [2.45, 2.75) is 13.1 Å². The van der Waals surface area contributed by atoms with Gasteiger partial charge in [-0.05, 0) is 59.3 Å². The molecule has 0 aliphatic carbocycles. The van der Waals surface area contributed by atoms with E-state index in [9.17, 15) is 23.1 Å². The maximum absolute atomic E-state index is 12.9. The Hall–Kier alpha value is -2.30. The SMILES string of the molecule is CCOc1cc(/C=N/NC(=O)c2ccccc2C(F)(F)F)cc(I)c1O. The predicted octanol–water partition coefficient (Wildman–Crippen LogP) is 4.18. The van der Waals surface area contributed by atoms with Crippen molar-refractivity contribution in [2.24, 2.45) is 5.10 Å². The van der Waals surface area contributed by atoms with Crippen LogP contribution in [0.4, 0.5) is 13.2 Å². The van der Waals surface area contributed by atoms with Crippen LogP contribution in [0.25, 0.3) is 0 Å². The molecule has 0 unspecified atom stereocenters. The summed E-state index contributed by atoms with van der Waals surface area (Å²) in [6.07, 6.45) is -3.39. The number of alkyl halides is 3. The number of nitrogens with one attached hydrogen (secondary N) is 1. The molecule has 9 heteroatoms. The number of carbonyl (C=O) groups is 1. The largest absolute Gasteiger partial charge is 0.504 e. The Labute approximate surface area is 161 Å². The Morgan fingerprint density at radius 1 is 1.35 bits per heavy atom. The molecule has 0 aliphatic heterocycles. The van der Waals surface area contributed by atoms with E-state index in [1.807, 2.05) is 22.6 Å². The molecular formula is C17H14F3IN2O3. The van der Waals surface area contributed by atoms with E-state index in [2.05, 4.69) is 10.5 Å². The Kier molecular flexibility index (Phi) is 6.46. The number of aromatic hydroxyl groups is 1. The van der Waals surface area contributed by atoms with Crippen molar-refractivity contribution in [2.75, 3.05) is 6.61 Å². The van der Waals surface area contributed by atoms with Crippen LogP contribution in [0, 0.1) is 3.57 Å². The van der Waals surface area contributed by atoms with Crippen LogP contribution in [-0.2, 0) is 6.18 Å². The molecule has 0 aromatic heterocycles. The molecule has 2 aromatic rings. The zero-order chi connectivity index (χ0) is 19.3. The van der Waals surface area contributed by atoms with Gasteiger partial charge in [0, 0.05) is 0 Å². The number of phenols is 1. The second-order valence-corrected chi connectivity index (χ2v) is 6.19. The molecule has 2 N–H and O–H groups in total. The normalized spacial score (nSPS) is 11.6. The summed E-state index contributed by atoms with van der Waals surface area (Å²) in [5.74, 6) is -0.755. The maximum Gasteiger partial charge on any atom is 0.417 e. The number of halogens is 4. The van der Waals surface area contributed by atoms with Crippen molar-refractivity contribution in [3.63, 3.8) is 0 Å². The fraction of sp³-hybridized carbons (Fsp3) is 0.176. The van der Waals surface area contributed by atoms with Crippen LogP contribution < -0.4 is 10.2 Å². The summed E-state index contributed by atoms with van der Waals surface area (Å²) < 4.78 is 44.6. The van der Waals surface area contributed by atoms with Crippen LogP contribution in [0.15, 0.2) is 41.5 Å². The molecule has 0 heterocycles. The van der Waals surface area contributed by atoms with Crippen LogP contribution >= 0.6 is 22.6 Å². The lowest BCUT2D eigenvalue weighted by molar-refractivity contribution is -0.137. The standard InChI is InChI=1S/C17H14F3IN2O3/c1-2-26-14-8-10(7-13(21)15(14)24)9-22-23-16(25)11-5-3-4-6-12(11)17(18,19)20/h3-9,24H,2H2,1H3,(H,23,25)/b22-9+. The van der Waals surface area contributed by atoms with Gasteiger partial charge in [-0.25, -0.2) is 5.43 Å². The smallest absolute Gasteiger partial charge is 0.417 e. The van der Waals surface area contributed by atoms with Gasteiger partial charge >= 0.3 is 6.18 Å². The number of hydrogen-bond donors (Lipinski definition) is 2. The van der Waals surface area contributed by atoms with E-state index in [4.69, 9.17) is 4.74 Å². The fourth-order valence-electron chi connectivity index (χ4n) is 2.09. The first kappa shape index (κ1) is 20.0. The van der Waals surface area contributed by atoms with E-state index in [0.717, 1.165) is 12.1 Å². The summed E-state index contributed by atoms with van der Waals surface area (Å²) in [5.41, 5.74) is 1.01. The van der Waals surface area contributed by atoms with Crippen LogP contribution in [-0.4, -0.2) is 23.8 Å². The van der Waals surface area contributed by atoms with Gasteiger partial charge in [-0.1, -0.05) is 12.1 Å². The first-order valence-corrected chi connectivity index (χ1v) is 8.46. The minimum atomic E-state index is -4.64. The maximum atomic E-state index is 12.9. The summed E-state index contributed by atoms with van der Waals surface area (Å²) in [4.78, 5) is 12.0. The summed E-state index contributed by atoms with van der Waals surface area (Å²) >= 11 is 1.90. The number of amides is 1. The van der Waals surface area contributed by atoms with Crippen molar-refractivity contribution >= 4 is 34.7 Å². The molecule has 0 saturated heterocycles. The topological polar surface area (TPSA) is 70.9 Å². The summed E-state index contributed by atoms with van der Waals surface area (Å²) in [6.45, 7) is 2.10. The number of phenolic OH excluding ortho intramolecular Hbond substituents is 1. The van der Waals surface area contributed by atoms with Crippen molar-refractivity contribution < 1.29 is 27.8 Å². The molecule has 0 radical (unpaired) electrons. The Morgan fingerprint density at radius 3 is 2.69 bits per heavy atom. The zero-order valence-electron chi connectivity index (χ0n) is 13.5. The highest BCUT2D eigenvalue weighted by Gasteiger charge is 2.34. The third-order valence-electron chi connectivity index (χ3n) is 3.21. The second kappa shape index (κ2) is 8.39. The predicted molar refractivity (Wildman–Crippen MR) is 98.5 cm³/mol. The summed E-state index contributed by atoms with van der Waals surface area (Å²) in [5, 5.41) is 13.5. The van der Waals surface area contributed by atoms with Crippen molar-refractivity contribution in [1.82, 2.24) is 5.43 Å².